The lowest BCUT2D eigenvalue weighted by Crippen LogP contribution is -2.05. The molecule has 0 atom stereocenters. The summed E-state index contributed by atoms with van der Waals surface area (Å²) >= 11 is 0. The molecule has 0 saturated heterocycles. The number of anilines is 1. The molecule has 1 aromatic heterocycles. The van der Waals surface area contributed by atoms with Gasteiger partial charge in [-0.05, 0) is 19.1 Å². The lowest BCUT2D eigenvalue weighted by molar-refractivity contribution is 0.146. The van der Waals surface area contributed by atoms with Crippen molar-refractivity contribution >= 4 is 5.82 Å². The summed E-state index contributed by atoms with van der Waals surface area (Å²) in [6.45, 7) is 2.94. The van der Waals surface area contributed by atoms with Gasteiger partial charge in [-0.2, -0.15) is 0 Å². The minimum absolute atomic E-state index is 0.510. The number of benzene rings is 1. The molecule has 0 amide bonds. The van der Waals surface area contributed by atoms with Crippen molar-refractivity contribution in [3.8, 4) is 17.0 Å². The summed E-state index contributed by atoms with van der Waals surface area (Å²) in [4.78, 5) is 8.78. The first-order valence-corrected chi connectivity index (χ1v) is 6.49. The van der Waals surface area contributed by atoms with Crippen molar-refractivity contribution in [3.63, 3.8) is 0 Å². The van der Waals surface area contributed by atoms with Gasteiger partial charge in [0.15, 0.2) is 0 Å². The summed E-state index contributed by atoms with van der Waals surface area (Å²) in [6.07, 6.45) is 0. The third kappa shape index (κ3) is 3.45. The fourth-order valence-electron chi connectivity index (χ4n) is 1.87. The summed E-state index contributed by atoms with van der Waals surface area (Å²) in [7, 11) is 3.49. The van der Waals surface area contributed by atoms with E-state index in [-0.39, 0.29) is 0 Å². The third-order valence-corrected chi connectivity index (χ3v) is 2.80. The molecule has 106 valence electrons. The van der Waals surface area contributed by atoms with Gasteiger partial charge in [-0.3, -0.25) is 0 Å². The molecule has 2 rings (SSSR count). The summed E-state index contributed by atoms with van der Waals surface area (Å²) in [6, 6.07) is 9.74. The first kappa shape index (κ1) is 14.3. The molecule has 0 radical (unpaired) electrons. The van der Waals surface area contributed by atoms with Crippen LogP contribution in [0.1, 0.15) is 5.82 Å². The molecule has 5 heteroatoms. The highest BCUT2D eigenvalue weighted by Gasteiger charge is 2.09. The van der Waals surface area contributed by atoms with Gasteiger partial charge in [0, 0.05) is 25.8 Å². The van der Waals surface area contributed by atoms with Gasteiger partial charge in [0.1, 0.15) is 24.0 Å². The number of para-hydroxylation sites is 1. The summed E-state index contributed by atoms with van der Waals surface area (Å²) in [5, 5.41) is 3.04. The molecule has 0 bridgehead atoms. The van der Waals surface area contributed by atoms with E-state index in [0.717, 1.165) is 28.6 Å². The number of aryl methyl sites for hydroxylation is 1. The normalized spacial score (nSPS) is 10.3. The number of methoxy groups -OCH3 is 1. The molecule has 0 aliphatic heterocycles. The van der Waals surface area contributed by atoms with Crippen molar-refractivity contribution in [2.24, 2.45) is 0 Å². The number of aromatic nitrogens is 2. The number of nitrogens with one attached hydrogen (secondary N) is 1. The SMILES string of the molecule is CNc1cc(-c2ccccc2OCCOC)nc(C)n1. The minimum atomic E-state index is 0.510. The van der Waals surface area contributed by atoms with Crippen molar-refractivity contribution in [2.75, 3.05) is 32.7 Å². The zero-order valence-corrected chi connectivity index (χ0v) is 12.0. The number of rotatable bonds is 6. The van der Waals surface area contributed by atoms with Crippen LogP contribution in [0.25, 0.3) is 11.3 Å². The Hall–Kier alpha value is -2.14. The van der Waals surface area contributed by atoms with Crippen LogP contribution in [0.4, 0.5) is 5.82 Å². The Balaban J connectivity index is 2.34. The number of hydrogen-bond acceptors (Lipinski definition) is 5. The predicted octanol–water partition coefficient (Wildman–Crippen LogP) is 2.52. The maximum absolute atomic E-state index is 5.74. The second-order valence-corrected chi connectivity index (χ2v) is 4.27. The average molecular weight is 273 g/mol. The van der Waals surface area contributed by atoms with Gasteiger partial charge in [-0.15, -0.1) is 0 Å². The molecule has 2 aromatic rings. The Bertz CT molecular complexity index is 573. The van der Waals surface area contributed by atoms with Crippen molar-refractivity contribution in [2.45, 2.75) is 6.92 Å². The fourth-order valence-corrected chi connectivity index (χ4v) is 1.87. The van der Waals surface area contributed by atoms with Crippen molar-refractivity contribution in [1.29, 1.82) is 0 Å². The Kier molecular flexibility index (Phi) is 4.90. The van der Waals surface area contributed by atoms with Gasteiger partial charge >= 0.3 is 0 Å². The monoisotopic (exact) mass is 273 g/mol. The van der Waals surface area contributed by atoms with E-state index in [0.29, 0.717) is 13.2 Å². The highest BCUT2D eigenvalue weighted by Crippen LogP contribution is 2.29. The summed E-state index contributed by atoms with van der Waals surface area (Å²) in [5.74, 6) is 2.31. The molecule has 0 aliphatic carbocycles. The summed E-state index contributed by atoms with van der Waals surface area (Å²) < 4.78 is 10.7. The molecule has 20 heavy (non-hydrogen) atoms. The Morgan fingerprint density at radius 3 is 2.70 bits per heavy atom. The van der Waals surface area contributed by atoms with Crippen LogP contribution in [-0.4, -0.2) is 37.3 Å². The smallest absolute Gasteiger partial charge is 0.130 e. The van der Waals surface area contributed by atoms with E-state index in [9.17, 15) is 0 Å². The van der Waals surface area contributed by atoms with E-state index in [1.165, 1.54) is 0 Å². The molecular weight excluding hydrogens is 254 g/mol. The second-order valence-electron chi connectivity index (χ2n) is 4.27. The largest absolute Gasteiger partial charge is 0.490 e. The van der Waals surface area contributed by atoms with Gasteiger partial charge in [-0.25, -0.2) is 9.97 Å². The lowest BCUT2D eigenvalue weighted by Gasteiger charge is -2.12. The maximum Gasteiger partial charge on any atom is 0.130 e. The highest BCUT2D eigenvalue weighted by atomic mass is 16.5. The Labute approximate surface area is 119 Å². The molecule has 5 nitrogen and oxygen atoms in total. The number of ether oxygens (including phenoxy) is 2. The first-order chi connectivity index (χ1) is 9.74. The molecule has 0 spiro atoms. The van der Waals surface area contributed by atoms with E-state index in [1.807, 2.05) is 44.3 Å². The lowest BCUT2D eigenvalue weighted by atomic mass is 10.1. The first-order valence-electron chi connectivity index (χ1n) is 6.49. The van der Waals surface area contributed by atoms with Crippen molar-refractivity contribution in [1.82, 2.24) is 9.97 Å². The van der Waals surface area contributed by atoms with Gasteiger partial charge in [0.2, 0.25) is 0 Å². The molecule has 0 unspecified atom stereocenters. The highest BCUT2D eigenvalue weighted by molar-refractivity contribution is 5.69. The van der Waals surface area contributed by atoms with Crippen LogP contribution >= 0.6 is 0 Å². The van der Waals surface area contributed by atoms with E-state index >= 15 is 0 Å². The summed E-state index contributed by atoms with van der Waals surface area (Å²) in [5.41, 5.74) is 1.79. The quantitative estimate of drug-likeness (QED) is 0.820. The van der Waals surface area contributed by atoms with Gasteiger partial charge in [0.05, 0.1) is 12.3 Å². The zero-order chi connectivity index (χ0) is 14.4. The third-order valence-electron chi connectivity index (χ3n) is 2.80. The Morgan fingerprint density at radius 2 is 1.95 bits per heavy atom. The van der Waals surface area contributed by atoms with E-state index in [2.05, 4.69) is 15.3 Å². The van der Waals surface area contributed by atoms with Crippen LogP contribution in [0.15, 0.2) is 30.3 Å². The molecule has 0 fully saturated rings. The van der Waals surface area contributed by atoms with E-state index in [4.69, 9.17) is 9.47 Å². The van der Waals surface area contributed by atoms with Crippen molar-refractivity contribution < 1.29 is 9.47 Å². The minimum Gasteiger partial charge on any atom is -0.490 e. The number of hydrogen-bond donors (Lipinski definition) is 1. The standard InChI is InChI=1S/C15H19N3O2/c1-11-17-13(10-15(16-2)18-11)12-6-4-5-7-14(12)20-9-8-19-3/h4-7,10H,8-9H2,1-3H3,(H,16,17,18). The molecule has 1 N–H and O–H groups in total. The van der Waals surface area contributed by atoms with Gasteiger partial charge in [-0.1, -0.05) is 12.1 Å². The molecule has 1 heterocycles. The Morgan fingerprint density at radius 1 is 1.15 bits per heavy atom. The molecular formula is C15H19N3O2. The topological polar surface area (TPSA) is 56.3 Å². The molecule has 0 saturated carbocycles. The average Bonchev–Trinajstić information content (AvgIpc) is 2.47. The van der Waals surface area contributed by atoms with Gasteiger partial charge in [0.25, 0.3) is 0 Å². The van der Waals surface area contributed by atoms with Crippen LogP contribution < -0.4 is 10.1 Å². The predicted molar refractivity (Wildman–Crippen MR) is 79.1 cm³/mol. The van der Waals surface area contributed by atoms with Crippen LogP contribution in [0.3, 0.4) is 0 Å². The van der Waals surface area contributed by atoms with E-state index < -0.39 is 0 Å². The zero-order valence-electron chi connectivity index (χ0n) is 12.0. The number of nitrogens with zero attached hydrogens (tertiary/aromatic N) is 2. The van der Waals surface area contributed by atoms with E-state index in [1.54, 1.807) is 7.11 Å². The van der Waals surface area contributed by atoms with Crippen LogP contribution in [0.2, 0.25) is 0 Å². The fraction of sp³-hybridized carbons (Fsp3) is 0.333. The molecule has 1 aromatic carbocycles. The van der Waals surface area contributed by atoms with Crippen LogP contribution in [0, 0.1) is 6.92 Å². The van der Waals surface area contributed by atoms with Crippen molar-refractivity contribution in [3.05, 3.63) is 36.2 Å². The maximum atomic E-state index is 5.74. The van der Waals surface area contributed by atoms with Gasteiger partial charge < -0.3 is 14.8 Å². The van der Waals surface area contributed by atoms with Crippen LogP contribution in [-0.2, 0) is 4.74 Å². The molecule has 0 aliphatic rings. The van der Waals surface area contributed by atoms with Crippen LogP contribution in [0.5, 0.6) is 5.75 Å². The second kappa shape index (κ2) is 6.86.